The van der Waals surface area contributed by atoms with E-state index in [9.17, 15) is 0 Å². The zero-order chi connectivity index (χ0) is 82.5. The molecular weight excluding hydrogens is 1570 g/mol. The van der Waals surface area contributed by atoms with E-state index in [1.165, 1.54) is 389 Å². The third-order valence-electron chi connectivity index (χ3n) is 26.7. The van der Waals surface area contributed by atoms with Gasteiger partial charge in [0.1, 0.15) is 44.8 Å². The molecule has 0 fully saturated rings. The van der Waals surface area contributed by atoms with E-state index in [-0.39, 0.29) is 11.1 Å². The van der Waals surface area contributed by atoms with Gasteiger partial charge in [-0.2, -0.15) is 17.5 Å². The zero-order valence-corrected chi connectivity index (χ0v) is 80.3. The van der Waals surface area contributed by atoms with Gasteiger partial charge in [0, 0.05) is 36.2 Å². The van der Waals surface area contributed by atoms with Gasteiger partial charge in [-0.3, -0.25) is 0 Å². The molecule has 2 aliphatic heterocycles. The molecule has 10 rings (SSSR count). The van der Waals surface area contributed by atoms with Crippen LogP contribution in [0.25, 0.3) is 72.9 Å². The number of nitrogens with zero attached hydrogens (tertiary/aromatic N) is 4. The average molecular weight is 1730 g/mol. The van der Waals surface area contributed by atoms with Crippen LogP contribution in [0.2, 0.25) is 0 Å². The maximum atomic E-state index is 18.6. The minimum Gasteiger partial charge on any atom is -0.481 e. The van der Waals surface area contributed by atoms with Crippen molar-refractivity contribution in [1.82, 2.24) is 17.5 Å². The zero-order valence-electron chi connectivity index (χ0n) is 75.4. The summed E-state index contributed by atoms with van der Waals surface area (Å²) in [6.07, 6.45) is 88.4. The predicted molar refractivity (Wildman–Crippen MR) is 518 cm³/mol. The number of unbranched alkanes of at least 4 members (excludes halogenated alkanes) is 60. The summed E-state index contributed by atoms with van der Waals surface area (Å²) in [7, 11) is 0. The van der Waals surface area contributed by atoms with Crippen LogP contribution in [-0.2, 0) is 11.2 Å². The third-order valence-corrected chi connectivity index (χ3v) is 32.6. The number of aryl methyl sites for hydroxylation is 2. The SMILES string of the molecule is CCCCCCCCCCCCCCCCCCC1(CCCCCCCCCCCCCCCCCC)Oc2cc(C)sc2-c2sc(-c3c(F)c(F)c(-c4cc5c(s4)-c4sc(-c6ccc(C)c7nsnc67)cc4OC5(CCCCCCCCCCCCCCCCCC)CCCCCCCCCCCCCCCCCC)c4nsnc34)cc21. The molecule has 0 amide bonds. The standard InChI is InChI=1S/C104H160F2N4O2S6/c1-7-11-15-19-23-27-31-35-39-43-47-51-55-59-63-67-73-103(74-68-64-60-56-52-48-44-40-36-32-28-24-20-16-12-8-2)84-78-89(115-99(84)101-86(111-103)77-82(6)113-101)91-93(105)94(106)92(98-97(91)109-118-110-98)90-79-85-100(116-90)102-87(80-88(114-102)83-72-71-81(5)95-96(83)108-117-107-95)112-104(85,75-69-65-61-57-53-49-45-41-37-33-29-25-21-17-13-9-3)76-70-66-62-58-54-50-46-42-38-34-30-26-22-18-14-10-4/h71-72,77-80H,7-70,73-76H2,1-6H3. The molecular formula is C104H160F2N4O2S6. The number of thiophene rings is 4. The van der Waals surface area contributed by atoms with E-state index in [1.807, 2.05) is 0 Å². The molecule has 2 aliphatic rings. The Morgan fingerprint density at radius 3 is 0.831 bits per heavy atom. The Hall–Kier alpha value is -3.66. The van der Waals surface area contributed by atoms with Crippen molar-refractivity contribution in [1.29, 1.82) is 0 Å². The van der Waals surface area contributed by atoms with E-state index in [1.54, 1.807) is 45.3 Å². The normalized spacial score (nSPS) is 13.5. The highest BCUT2D eigenvalue weighted by molar-refractivity contribution is 7.26. The molecule has 0 saturated carbocycles. The number of hydrogen-bond acceptors (Lipinski definition) is 12. The van der Waals surface area contributed by atoms with Gasteiger partial charge in [-0.15, -0.1) is 45.3 Å². The van der Waals surface area contributed by atoms with Crippen molar-refractivity contribution in [3.8, 4) is 62.3 Å². The molecule has 6 nitrogen and oxygen atoms in total. The first-order chi connectivity index (χ1) is 58.1. The summed E-state index contributed by atoms with van der Waals surface area (Å²) >= 11 is 9.07. The largest absolute Gasteiger partial charge is 0.481 e. The lowest BCUT2D eigenvalue weighted by atomic mass is 9.81. The molecule has 14 heteroatoms. The lowest BCUT2D eigenvalue weighted by Crippen LogP contribution is -2.35. The second-order valence-corrected chi connectivity index (χ2v) is 42.2. The minimum atomic E-state index is -0.844. The topological polar surface area (TPSA) is 70.0 Å². The van der Waals surface area contributed by atoms with Crippen molar-refractivity contribution in [3.05, 3.63) is 69.6 Å². The summed E-state index contributed by atoms with van der Waals surface area (Å²) < 4.78 is 72.1. The van der Waals surface area contributed by atoms with Crippen molar-refractivity contribution in [3.63, 3.8) is 0 Å². The Balaban J connectivity index is 0.890. The molecule has 8 heterocycles. The highest BCUT2D eigenvalue weighted by Crippen LogP contribution is 2.61. The molecule has 0 unspecified atom stereocenters. The van der Waals surface area contributed by atoms with Crippen LogP contribution < -0.4 is 9.47 Å². The highest BCUT2D eigenvalue weighted by Gasteiger charge is 2.46. The molecule has 0 saturated heterocycles. The second kappa shape index (κ2) is 55.6. The van der Waals surface area contributed by atoms with Crippen LogP contribution in [0.4, 0.5) is 8.78 Å². The van der Waals surface area contributed by atoms with Crippen LogP contribution in [0, 0.1) is 25.5 Å². The summed E-state index contributed by atoms with van der Waals surface area (Å²) in [6, 6.07) is 13.3. The first-order valence-corrected chi connectivity index (χ1v) is 54.6. The maximum absolute atomic E-state index is 18.6. The fourth-order valence-electron chi connectivity index (χ4n) is 19.4. The number of aromatic nitrogens is 4. The number of benzene rings is 2. The third kappa shape index (κ3) is 30.0. The summed E-state index contributed by atoms with van der Waals surface area (Å²) in [4.78, 5) is 8.13. The molecule has 0 radical (unpaired) electrons. The molecule has 118 heavy (non-hydrogen) atoms. The van der Waals surface area contributed by atoms with Gasteiger partial charge in [0.05, 0.1) is 54.1 Å². The average Bonchev–Trinajstić information content (AvgIpc) is 1.56. The van der Waals surface area contributed by atoms with Crippen molar-refractivity contribution >= 4 is 90.9 Å². The molecule has 0 spiro atoms. The van der Waals surface area contributed by atoms with E-state index in [0.717, 1.165) is 145 Å². The number of halogens is 2. The highest BCUT2D eigenvalue weighted by atomic mass is 32.1. The van der Waals surface area contributed by atoms with Crippen LogP contribution in [0.15, 0.2) is 36.4 Å². The van der Waals surface area contributed by atoms with E-state index < -0.39 is 22.8 Å². The van der Waals surface area contributed by atoms with Gasteiger partial charge in [0.15, 0.2) is 11.6 Å². The summed E-state index contributed by atoms with van der Waals surface area (Å²) in [6.45, 7) is 13.5. The van der Waals surface area contributed by atoms with Crippen LogP contribution >= 0.6 is 68.8 Å². The lowest BCUT2D eigenvalue weighted by Gasteiger charge is -2.38. The van der Waals surface area contributed by atoms with Gasteiger partial charge in [-0.1, -0.05) is 425 Å². The lowest BCUT2D eigenvalue weighted by molar-refractivity contribution is 0.0395. The Kier molecular flexibility index (Phi) is 45.5. The Morgan fingerprint density at radius 2 is 0.525 bits per heavy atom. The molecule has 8 aromatic rings. The van der Waals surface area contributed by atoms with E-state index >= 15 is 8.78 Å². The van der Waals surface area contributed by atoms with Crippen molar-refractivity contribution < 1.29 is 18.3 Å². The monoisotopic (exact) mass is 1730 g/mol. The van der Waals surface area contributed by atoms with Gasteiger partial charge >= 0.3 is 0 Å². The summed E-state index contributed by atoms with van der Waals surface area (Å²) in [5, 5.41) is 0. The van der Waals surface area contributed by atoms with Crippen molar-refractivity contribution in [2.24, 2.45) is 0 Å². The second-order valence-electron chi connectivity index (χ2n) is 36.7. The van der Waals surface area contributed by atoms with Crippen LogP contribution in [0.5, 0.6) is 11.5 Å². The first-order valence-electron chi connectivity index (χ1n) is 49.9. The number of fused-ring (bicyclic) bond motifs is 8. The smallest absolute Gasteiger partial charge is 0.170 e. The summed E-state index contributed by atoms with van der Waals surface area (Å²) in [5.74, 6) is 0.166. The quantitative estimate of drug-likeness (QED) is 0.0354. The molecule has 0 atom stereocenters. The van der Waals surface area contributed by atoms with Crippen molar-refractivity contribution in [2.75, 3.05) is 0 Å². The fourth-order valence-corrected chi connectivity index (χ4v) is 25.6. The van der Waals surface area contributed by atoms with E-state index in [0.29, 0.717) is 20.8 Å². The predicted octanol–water partition coefficient (Wildman–Crippen LogP) is 39.0. The maximum Gasteiger partial charge on any atom is 0.170 e. The molecule has 2 aromatic carbocycles. The molecule has 0 bridgehead atoms. The Bertz CT molecular complexity index is 3950. The van der Waals surface area contributed by atoms with Gasteiger partial charge in [-0.05, 0) is 95.0 Å². The number of rotatable bonds is 71. The molecule has 6 aromatic heterocycles. The van der Waals surface area contributed by atoms with E-state index in [4.69, 9.17) is 27.0 Å². The van der Waals surface area contributed by atoms with Crippen molar-refractivity contribution in [2.45, 2.75) is 489 Å². The van der Waals surface area contributed by atoms with Gasteiger partial charge in [0.25, 0.3) is 0 Å². The fraction of sp³-hybridized carbons (Fsp3) is 0.731. The van der Waals surface area contributed by atoms with Crippen LogP contribution in [-0.4, -0.2) is 17.5 Å². The van der Waals surface area contributed by atoms with E-state index in [2.05, 4.69) is 77.9 Å². The summed E-state index contributed by atoms with van der Waals surface area (Å²) in [5.41, 5.74) is 6.42. The number of ether oxygens (including phenoxy) is 2. The van der Waals surface area contributed by atoms with Crippen LogP contribution in [0.3, 0.4) is 0 Å². The van der Waals surface area contributed by atoms with Gasteiger partial charge in [-0.25, -0.2) is 8.78 Å². The van der Waals surface area contributed by atoms with Gasteiger partial charge < -0.3 is 9.47 Å². The molecule has 0 N–H and O–H groups in total. The minimum absolute atomic E-state index is 0.220. The Labute approximate surface area is 742 Å². The molecule has 0 aliphatic carbocycles. The molecule has 658 valence electrons. The number of hydrogen-bond donors (Lipinski definition) is 0. The van der Waals surface area contributed by atoms with Crippen LogP contribution in [0.1, 0.15) is 486 Å². The Morgan fingerprint density at radius 1 is 0.271 bits per heavy atom. The first kappa shape index (κ1) is 96.6. The van der Waals surface area contributed by atoms with Gasteiger partial charge in [0.2, 0.25) is 0 Å².